The van der Waals surface area contributed by atoms with Crippen LogP contribution in [0.15, 0.2) is 48.6 Å². The molecule has 0 spiro atoms. The molecule has 0 fully saturated rings. The molecule has 0 aliphatic heterocycles. The number of hydrogen-bond acceptors (Lipinski definition) is 6. The van der Waals surface area contributed by atoms with E-state index in [0.29, 0.717) is 19.3 Å². The normalized spacial score (nSPS) is 12.3. The summed E-state index contributed by atoms with van der Waals surface area (Å²) < 4.78 is 17.0. The van der Waals surface area contributed by atoms with E-state index in [-0.39, 0.29) is 31.1 Å². The average Bonchev–Trinajstić information content (AvgIpc) is 3.45. The first-order valence-corrected chi connectivity index (χ1v) is 35.1. The molecule has 0 N–H and O–H groups in total. The molecule has 0 rings (SSSR count). The summed E-state index contributed by atoms with van der Waals surface area (Å²) in [7, 11) is 0. The van der Waals surface area contributed by atoms with Gasteiger partial charge in [0.1, 0.15) is 13.2 Å². The molecule has 0 aromatic rings. The average molecular weight is 1110 g/mol. The Hall–Kier alpha value is -2.63. The molecular weight excluding hydrogens is 973 g/mol. The lowest BCUT2D eigenvalue weighted by molar-refractivity contribution is -0.167. The van der Waals surface area contributed by atoms with Crippen molar-refractivity contribution in [2.75, 3.05) is 13.2 Å². The highest BCUT2D eigenvalue weighted by atomic mass is 16.6. The van der Waals surface area contributed by atoms with E-state index in [2.05, 4.69) is 69.4 Å². The fourth-order valence-electron chi connectivity index (χ4n) is 10.5. The summed E-state index contributed by atoms with van der Waals surface area (Å²) in [5, 5.41) is 0. The Kier molecular flexibility index (Phi) is 65.6. The lowest BCUT2D eigenvalue weighted by Crippen LogP contribution is -2.30. The largest absolute Gasteiger partial charge is 0.462 e. The van der Waals surface area contributed by atoms with Gasteiger partial charge in [0.05, 0.1) is 0 Å². The Labute approximate surface area is 492 Å². The first-order valence-electron chi connectivity index (χ1n) is 35.1. The number of hydrogen-bond donors (Lipinski definition) is 0. The summed E-state index contributed by atoms with van der Waals surface area (Å²) in [5.74, 6) is -0.864. The molecule has 0 aromatic carbocycles. The molecule has 0 saturated carbocycles. The van der Waals surface area contributed by atoms with Crippen molar-refractivity contribution in [1.82, 2.24) is 0 Å². The van der Waals surface area contributed by atoms with Gasteiger partial charge in [-0.2, -0.15) is 0 Å². The quantitative estimate of drug-likeness (QED) is 0.0261. The standard InChI is InChI=1S/C73H134O6/c1-4-7-10-13-16-19-22-25-27-29-31-33-34-35-36-37-38-40-41-43-45-48-51-54-57-60-63-66-72(75)78-69-70(68-77-71(74)65-62-59-56-53-50-47-24-21-18-15-12-9-6-3)79-73(76)67-64-61-58-55-52-49-46-44-42-39-32-30-28-26-23-20-17-14-11-8-5-2/h21,23-24,26,29-32,70H,4-20,22,25,27-28,33-69H2,1-3H3/b24-21-,26-23-,31-29-,32-30-. The molecule has 0 heterocycles. The van der Waals surface area contributed by atoms with Gasteiger partial charge in [0.2, 0.25) is 0 Å². The Bertz CT molecular complexity index is 1360. The van der Waals surface area contributed by atoms with Crippen LogP contribution in [0, 0.1) is 0 Å². The SMILES string of the molecule is CCCCCC/C=C\CCCCCCCC(=O)OCC(COC(=O)CCCCCCCCCCCCCCCCC/C=C\CCCCCCCCCC)OC(=O)CCCCCCCCCCC/C=C\C/C=C\CCCCCCC. The fourth-order valence-corrected chi connectivity index (χ4v) is 10.5. The predicted molar refractivity (Wildman–Crippen MR) is 344 cm³/mol. The minimum Gasteiger partial charge on any atom is -0.462 e. The zero-order valence-electron chi connectivity index (χ0n) is 53.2. The van der Waals surface area contributed by atoms with Crippen LogP contribution in [0.1, 0.15) is 380 Å². The van der Waals surface area contributed by atoms with Crippen LogP contribution in [0.4, 0.5) is 0 Å². The monoisotopic (exact) mass is 1110 g/mol. The number of carbonyl (C=O) groups is 3. The molecular formula is C73H134O6. The van der Waals surface area contributed by atoms with Crippen molar-refractivity contribution in [2.24, 2.45) is 0 Å². The Balaban J connectivity index is 4.24. The van der Waals surface area contributed by atoms with E-state index >= 15 is 0 Å². The molecule has 462 valence electrons. The van der Waals surface area contributed by atoms with E-state index in [4.69, 9.17) is 14.2 Å². The second-order valence-electron chi connectivity index (χ2n) is 23.8. The summed E-state index contributed by atoms with van der Waals surface area (Å²) in [6.07, 6.45) is 85.7. The molecule has 6 heteroatoms. The molecule has 1 unspecified atom stereocenters. The van der Waals surface area contributed by atoms with Gasteiger partial charge >= 0.3 is 17.9 Å². The maximum atomic E-state index is 12.9. The summed E-state index contributed by atoms with van der Waals surface area (Å²) in [6, 6.07) is 0. The third-order valence-electron chi connectivity index (χ3n) is 15.8. The molecule has 1 atom stereocenters. The maximum Gasteiger partial charge on any atom is 0.306 e. The highest BCUT2D eigenvalue weighted by molar-refractivity contribution is 5.71. The Morgan fingerprint density at radius 1 is 0.253 bits per heavy atom. The van der Waals surface area contributed by atoms with Gasteiger partial charge in [0, 0.05) is 19.3 Å². The summed E-state index contributed by atoms with van der Waals surface area (Å²) >= 11 is 0. The highest BCUT2D eigenvalue weighted by Gasteiger charge is 2.19. The first kappa shape index (κ1) is 76.4. The van der Waals surface area contributed by atoms with Crippen molar-refractivity contribution in [2.45, 2.75) is 386 Å². The van der Waals surface area contributed by atoms with Crippen LogP contribution >= 0.6 is 0 Å². The number of unbranched alkanes of at least 4 members (excludes halogenated alkanes) is 46. The fraction of sp³-hybridized carbons (Fsp3) is 0.849. The molecule has 0 saturated heterocycles. The van der Waals surface area contributed by atoms with Gasteiger partial charge in [-0.3, -0.25) is 14.4 Å². The van der Waals surface area contributed by atoms with E-state index < -0.39 is 6.10 Å². The van der Waals surface area contributed by atoms with Crippen molar-refractivity contribution in [3.63, 3.8) is 0 Å². The predicted octanol–water partition coefficient (Wildman–Crippen LogP) is 24.1. The van der Waals surface area contributed by atoms with Crippen LogP contribution in [0.25, 0.3) is 0 Å². The third-order valence-corrected chi connectivity index (χ3v) is 15.8. The van der Waals surface area contributed by atoms with Gasteiger partial charge in [-0.25, -0.2) is 0 Å². The van der Waals surface area contributed by atoms with Crippen molar-refractivity contribution in [3.8, 4) is 0 Å². The molecule has 0 aromatic heterocycles. The third kappa shape index (κ3) is 66.1. The molecule has 0 bridgehead atoms. The minimum absolute atomic E-state index is 0.0741. The summed E-state index contributed by atoms with van der Waals surface area (Å²) in [5.41, 5.74) is 0. The second-order valence-corrected chi connectivity index (χ2v) is 23.8. The molecule has 79 heavy (non-hydrogen) atoms. The van der Waals surface area contributed by atoms with Crippen molar-refractivity contribution >= 4 is 17.9 Å². The topological polar surface area (TPSA) is 78.9 Å². The Morgan fingerprint density at radius 2 is 0.456 bits per heavy atom. The smallest absolute Gasteiger partial charge is 0.306 e. The van der Waals surface area contributed by atoms with E-state index in [0.717, 1.165) is 70.6 Å². The van der Waals surface area contributed by atoms with Gasteiger partial charge in [-0.1, -0.05) is 307 Å². The Morgan fingerprint density at radius 3 is 0.722 bits per heavy atom. The molecule has 0 radical (unpaired) electrons. The molecule has 0 amide bonds. The van der Waals surface area contributed by atoms with Gasteiger partial charge in [0.15, 0.2) is 6.10 Å². The number of ether oxygens (including phenoxy) is 3. The zero-order valence-corrected chi connectivity index (χ0v) is 53.2. The lowest BCUT2D eigenvalue weighted by atomic mass is 10.0. The molecule has 6 nitrogen and oxygen atoms in total. The summed E-state index contributed by atoms with van der Waals surface area (Å²) in [4.78, 5) is 38.4. The van der Waals surface area contributed by atoms with Crippen molar-refractivity contribution in [1.29, 1.82) is 0 Å². The number of rotatable bonds is 65. The van der Waals surface area contributed by atoms with Crippen LogP contribution in [0.5, 0.6) is 0 Å². The van der Waals surface area contributed by atoms with E-state index in [1.54, 1.807) is 0 Å². The van der Waals surface area contributed by atoms with Crippen LogP contribution in [0.3, 0.4) is 0 Å². The van der Waals surface area contributed by atoms with E-state index in [1.165, 1.54) is 270 Å². The summed E-state index contributed by atoms with van der Waals surface area (Å²) in [6.45, 7) is 6.66. The van der Waals surface area contributed by atoms with Crippen LogP contribution < -0.4 is 0 Å². The van der Waals surface area contributed by atoms with Gasteiger partial charge in [-0.15, -0.1) is 0 Å². The first-order chi connectivity index (χ1) is 39.0. The van der Waals surface area contributed by atoms with Gasteiger partial charge in [-0.05, 0) is 103 Å². The van der Waals surface area contributed by atoms with Gasteiger partial charge < -0.3 is 14.2 Å². The van der Waals surface area contributed by atoms with Gasteiger partial charge in [0.25, 0.3) is 0 Å². The van der Waals surface area contributed by atoms with E-state index in [1.807, 2.05) is 0 Å². The van der Waals surface area contributed by atoms with Crippen LogP contribution in [-0.2, 0) is 28.6 Å². The second kappa shape index (κ2) is 67.9. The lowest BCUT2D eigenvalue weighted by Gasteiger charge is -2.18. The molecule has 0 aliphatic carbocycles. The van der Waals surface area contributed by atoms with Crippen molar-refractivity contribution < 1.29 is 28.6 Å². The van der Waals surface area contributed by atoms with E-state index in [9.17, 15) is 14.4 Å². The number of esters is 3. The minimum atomic E-state index is -0.779. The maximum absolute atomic E-state index is 12.9. The van der Waals surface area contributed by atoms with Crippen molar-refractivity contribution in [3.05, 3.63) is 48.6 Å². The highest BCUT2D eigenvalue weighted by Crippen LogP contribution is 2.18. The number of allylic oxidation sites excluding steroid dienone is 8. The van der Waals surface area contributed by atoms with Crippen LogP contribution in [0.2, 0.25) is 0 Å². The van der Waals surface area contributed by atoms with Crippen LogP contribution in [-0.4, -0.2) is 37.2 Å². The number of carbonyl (C=O) groups excluding carboxylic acids is 3. The zero-order chi connectivity index (χ0) is 57.1. The molecule has 0 aliphatic rings.